The largest absolute Gasteiger partial charge is 0.507 e. The fourth-order valence-electron chi connectivity index (χ4n) is 2.06. The van der Waals surface area contributed by atoms with Gasteiger partial charge in [-0.2, -0.15) is 0 Å². The Kier molecular flexibility index (Phi) is 5.93. The molecule has 0 radical (unpaired) electrons. The Balaban J connectivity index is 2.49. The van der Waals surface area contributed by atoms with E-state index in [4.69, 9.17) is 11.6 Å². The summed E-state index contributed by atoms with van der Waals surface area (Å²) in [7, 11) is 0. The predicted octanol–water partition coefficient (Wildman–Crippen LogP) is 2.85. The molecule has 2 atom stereocenters. The van der Waals surface area contributed by atoms with Crippen LogP contribution in [0.4, 0.5) is 0 Å². The maximum absolute atomic E-state index is 9.89. The Labute approximate surface area is 114 Å². The molecule has 2 unspecified atom stereocenters. The number of aliphatic hydroxyl groups excluding tert-OH is 1. The van der Waals surface area contributed by atoms with E-state index >= 15 is 0 Å². The van der Waals surface area contributed by atoms with Crippen molar-refractivity contribution in [3.05, 3.63) is 28.3 Å². The molecule has 3 N–H and O–H groups in total. The van der Waals surface area contributed by atoms with Crippen LogP contribution in [-0.2, 0) is 6.54 Å². The van der Waals surface area contributed by atoms with Crippen LogP contribution in [0.1, 0.15) is 31.4 Å². The van der Waals surface area contributed by atoms with Crippen LogP contribution in [0.2, 0.25) is 5.02 Å². The third-order valence-corrected chi connectivity index (χ3v) is 3.11. The van der Waals surface area contributed by atoms with Crippen molar-refractivity contribution in [2.75, 3.05) is 6.54 Å². The van der Waals surface area contributed by atoms with Crippen LogP contribution in [0.25, 0.3) is 0 Å². The molecular weight excluding hydrogens is 250 g/mol. The van der Waals surface area contributed by atoms with E-state index in [0.29, 0.717) is 23.2 Å². The van der Waals surface area contributed by atoms with Crippen molar-refractivity contribution in [1.29, 1.82) is 0 Å². The normalized spacial score (nSPS) is 14.5. The molecule has 0 fully saturated rings. The van der Waals surface area contributed by atoms with Crippen molar-refractivity contribution in [3.8, 4) is 5.75 Å². The number of nitrogens with one attached hydrogen (secondary N) is 1. The molecule has 0 aromatic heterocycles. The summed E-state index contributed by atoms with van der Waals surface area (Å²) >= 11 is 5.96. The number of aromatic hydroxyl groups is 1. The second-order valence-electron chi connectivity index (χ2n) is 5.05. The number of aryl methyl sites for hydroxylation is 1. The molecule has 1 rings (SSSR count). The highest BCUT2D eigenvalue weighted by Gasteiger charge is 2.08. The smallest absolute Gasteiger partial charge is 0.123 e. The Bertz CT molecular complexity index is 394. The fourth-order valence-corrected chi connectivity index (χ4v) is 2.35. The van der Waals surface area contributed by atoms with Crippen molar-refractivity contribution < 1.29 is 10.2 Å². The van der Waals surface area contributed by atoms with Crippen LogP contribution in [0.5, 0.6) is 5.75 Å². The zero-order valence-corrected chi connectivity index (χ0v) is 12.0. The molecule has 0 heterocycles. The Hall–Kier alpha value is -0.770. The first kappa shape index (κ1) is 15.3. The van der Waals surface area contributed by atoms with Crippen molar-refractivity contribution in [3.63, 3.8) is 0 Å². The summed E-state index contributed by atoms with van der Waals surface area (Å²) in [6.07, 6.45) is 0.497. The zero-order chi connectivity index (χ0) is 13.7. The number of rotatable bonds is 6. The molecule has 3 nitrogen and oxygen atoms in total. The molecule has 4 heteroatoms. The lowest BCUT2D eigenvalue weighted by molar-refractivity contribution is 0.163. The number of phenols is 1. The topological polar surface area (TPSA) is 52.5 Å². The second-order valence-corrected chi connectivity index (χ2v) is 5.49. The van der Waals surface area contributed by atoms with Gasteiger partial charge in [0.05, 0.1) is 6.10 Å². The highest BCUT2D eigenvalue weighted by molar-refractivity contribution is 6.30. The molecule has 0 spiro atoms. The van der Waals surface area contributed by atoms with Gasteiger partial charge in [0, 0.05) is 17.1 Å². The summed E-state index contributed by atoms with van der Waals surface area (Å²) in [6, 6.07) is 3.52. The minimum Gasteiger partial charge on any atom is -0.507 e. The zero-order valence-electron chi connectivity index (χ0n) is 11.2. The number of halogens is 1. The Morgan fingerprint density at radius 2 is 2.00 bits per heavy atom. The summed E-state index contributed by atoms with van der Waals surface area (Å²) in [5.74, 6) is 0.697. The van der Waals surface area contributed by atoms with E-state index in [-0.39, 0.29) is 6.10 Å². The summed E-state index contributed by atoms with van der Waals surface area (Å²) in [4.78, 5) is 0. The van der Waals surface area contributed by atoms with Gasteiger partial charge < -0.3 is 15.5 Å². The van der Waals surface area contributed by atoms with Crippen LogP contribution in [-0.4, -0.2) is 22.9 Å². The Morgan fingerprint density at radius 1 is 1.33 bits per heavy atom. The fraction of sp³-hybridized carbons (Fsp3) is 0.571. The third kappa shape index (κ3) is 4.84. The predicted molar refractivity (Wildman–Crippen MR) is 75.0 cm³/mol. The van der Waals surface area contributed by atoms with E-state index in [1.54, 1.807) is 19.1 Å². The van der Waals surface area contributed by atoms with E-state index in [1.165, 1.54) is 0 Å². The number of aliphatic hydroxyl groups is 1. The standard InChI is InChI=1S/C14H22ClNO2/c1-9(4-11(3)17)7-16-8-12-6-13(15)5-10(2)14(12)18/h5-6,9,11,16-18H,4,7-8H2,1-3H3. The molecule has 18 heavy (non-hydrogen) atoms. The van der Waals surface area contributed by atoms with Gasteiger partial charge in [-0.3, -0.25) is 0 Å². The first-order chi connectivity index (χ1) is 8.40. The van der Waals surface area contributed by atoms with Gasteiger partial charge in [0.15, 0.2) is 0 Å². The van der Waals surface area contributed by atoms with E-state index in [1.807, 2.05) is 6.92 Å². The summed E-state index contributed by atoms with van der Waals surface area (Å²) in [5, 5.41) is 23.1. The summed E-state index contributed by atoms with van der Waals surface area (Å²) < 4.78 is 0. The molecule has 0 saturated carbocycles. The first-order valence-electron chi connectivity index (χ1n) is 6.27. The van der Waals surface area contributed by atoms with Crippen molar-refractivity contribution in [1.82, 2.24) is 5.32 Å². The molecule has 0 amide bonds. The SMILES string of the molecule is Cc1cc(Cl)cc(CNCC(C)CC(C)O)c1O. The molecule has 1 aromatic carbocycles. The van der Waals surface area contributed by atoms with Gasteiger partial charge in [-0.1, -0.05) is 18.5 Å². The molecule has 0 aliphatic carbocycles. The van der Waals surface area contributed by atoms with Crippen LogP contribution in [0.15, 0.2) is 12.1 Å². The van der Waals surface area contributed by atoms with E-state index in [9.17, 15) is 10.2 Å². The van der Waals surface area contributed by atoms with Gasteiger partial charge in [-0.25, -0.2) is 0 Å². The monoisotopic (exact) mass is 271 g/mol. The van der Waals surface area contributed by atoms with Gasteiger partial charge in [-0.05, 0) is 50.4 Å². The van der Waals surface area contributed by atoms with Crippen LogP contribution in [0, 0.1) is 12.8 Å². The van der Waals surface area contributed by atoms with Gasteiger partial charge in [0.2, 0.25) is 0 Å². The first-order valence-corrected chi connectivity index (χ1v) is 6.64. The minimum absolute atomic E-state index is 0.274. The lowest BCUT2D eigenvalue weighted by Crippen LogP contribution is -2.23. The third-order valence-electron chi connectivity index (χ3n) is 2.90. The molecule has 0 aliphatic rings. The van der Waals surface area contributed by atoms with Crippen LogP contribution < -0.4 is 5.32 Å². The highest BCUT2D eigenvalue weighted by atomic mass is 35.5. The highest BCUT2D eigenvalue weighted by Crippen LogP contribution is 2.26. The van der Waals surface area contributed by atoms with Gasteiger partial charge in [0.1, 0.15) is 5.75 Å². The van der Waals surface area contributed by atoms with Gasteiger partial charge in [0.25, 0.3) is 0 Å². The Morgan fingerprint density at radius 3 is 2.61 bits per heavy atom. The average molecular weight is 272 g/mol. The average Bonchev–Trinajstić information content (AvgIpc) is 2.23. The maximum atomic E-state index is 9.89. The molecule has 0 aliphatic heterocycles. The molecular formula is C14H22ClNO2. The maximum Gasteiger partial charge on any atom is 0.123 e. The van der Waals surface area contributed by atoms with Crippen LogP contribution >= 0.6 is 11.6 Å². The molecule has 0 saturated heterocycles. The van der Waals surface area contributed by atoms with Crippen molar-refractivity contribution in [2.24, 2.45) is 5.92 Å². The lowest BCUT2D eigenvalue weighted by Gasteiger charge is -2.15. The van der Waals surface area contributed by atoms with Gasteiger partial charge >= 0.3 is 0 Å². The number of hydrogen-bond acceptors (Lipinski definition) is 3. The van der Waals surface area contributed by atoms with Crippen molar-refractivity contribution in [2.45, 2.75) is 39.8 Å². The molecule has 0 bridgehead atoms. The number of benzene rings is 1. The number of hydrogen-bond donors (Lipinski definition) is 3. The molecule has 1 aromatic rings. The summed E-state index contributed by atoms with van der Waals surface area (Å²) in [5.41, 5.74) is 1.60. The quantitative estimate of drug-likeness (QED) is 0.746. The van der Waals surface area contributed by atoms with E-state index in [0.717, 1.165) is 24.1 Å². The minimum atomic E-state index is -0.274. The lowest BCUT2D eigenvalue weighted by atomic mass is 10.0. The number of phenolic OH excluding ortho intramolecular Hbond substituents is 1. The summed E-state index contributed by atoms with van der Waals surface area (Å²) in [6.45, 7) is 7.10. The van der Waals surface area contributed by atoms with Crippen molar-refractivity contribution >= 4 is 11.6 Å². The molecule has 102 valence electrons. The van der Waals surface area contributed by atoms with E-state index in [2.05, 4.69) is 12.2 Å². The van der Waals surface area contributed by atoms with Crippen LogP contribution in [0.3, 0.4) is 0 Å². The second kappa shape index (κ2) is 6.98. The van der Waals surface area contributed by atoms with Gasteiger partial charge in [-0.15, -0.1) is 0 Å². The van der Waals surface area contributed by atoms with E-state index < -0.39 is 0 Å².